The minimum absolute atomic E-state index is 0.00900. The van der Waals surface area contributed by atoms with Crippen molar-refractivity contribution in [3.63, 3.8) is 0 Å². The highest BCUT2D eigenvalue weighted by atomic mass is 16.5. The van der Waals surface area contributed by atoms with Crippen LogP contribution in [0.4, 0.5) is 0 Å². The van der Waals surface area contributed by atoms with Gasteiger partial charge >= 0.3 is 0 Å². The van der Waals surface area contributed by atoms with Crippen molar-refractivity contribution in [2.24, 2.45) is 0 Å². The number of aromatic nitrogens is 1. The molecule has 1 aromatic heterocycles. The molecule has 3 nitrogen and oxygen atoms in total. The lowest BCUT2D eigenvalue weighted by atomic mass is 9.34. The summed E-state index contributed by atoms with van der Waals surface area (Å²) in [6, 6.07) is 63.0. The van der Waals surface area contributed by atoms with Crippen molar-refractivity contribution in [2.45, 2.75) is 57.8 Å². The number of fused-ring (bicyclic) bond motifs is 10. The number of rotatable bonds is 3. The van der Waals surface area contributed by atoms with E-state index in [-0.39, 0.29) is 17.5 Å². The van der Waals surface area contributed by atoms with Gasteiger partial charge in [0.05, 0.1) is 22.1 Å². The number of para-hydroxylation sites is 1. The van der Waals surface area contributed by atoms with Crippen LogP contribution in [-0.4, -0.2) is 11.3 Å². The third-order valence-electron chi connectivity index (χ3n) is 13.7. The third-order valence-corrected chi connectivity index (χ3v) is 13.7. The normalized spacial score (nSPS) is 14.4. The molecule has 0 atom stereocenters. The third kappa shape index (κ3) is 5.12. The standard InChI is InChI=1S/C57H46BNO2/c1-55(2,3)36-25-28-50-46(31-36)58-47-32-37(56(4,5)6)26-29-51(47)61-53-34-39(33-52(60-50)54(53)58)59-48-23-15-12-20-42(48)43-30-38(24-27-49(43)59)57(35-16-8-7-9-17-35)44-21-13-10-18-40(44)41-19-11-14-22-45(41)57/h7-34H,1-6H3. The molecule has 3 aliphatic rings. The smallest absolute Gasteiger partial charge is 0.260 e. The fourth-order valence-corrected chi connectivity index (χ4v) is 10.7. The lowest BCUT2D eigenvalue weighted by molar-refractivity contribution is 0.463. The molecule has 61 heavy (non-hydrogen) atoms. The van der Waals surface area contributed by atoms with Gasteiger partial charge in [-0.05, 0) is 96.6 Å². The maximum Gasteiger partial charge on any atom is 0.260 e. The molecule has 3 heterocycles. The van der Waals surface area contributed by atoms with Crippen molar-refractivity contribution in [1.82, 2.24) is 4.57 Å². The molecule has 4 heteroatoms. The van der Waals surface area contributed by atoms with E-state index in [1.165, 1.54) is 66.2 Å². The Morgan fingerprint density at radius 2 is 0.967 bits per heavy atom. The molecule has 12 rings (SSSR count). The zero-order chi connectivity index (χ0) is 41.4. The summed E-state index contributed by atoms with van der Waals surface area (Å²) in [5, 5.41) is 2.41. The van der Waals surface area contributed by atoms with Crippen LogP contribution in [0.2, 0.25) is 0 Å². The summed E-state index contributed by atoms with van der Waals surface area (Å²) < 4.78 is 16.4. The monoisotopic (exact) mass is 787 g/mol. The van der Waals surface area contributed by atoms with Gasteiger partial charge in [0.2, 0.25) is 0 Å². The summed E-state index contributed by atoms with van der Waals surface area (Å²) in [6.45, 7) is 13.7. The molecular weight excluding hydrogens is 741 g/mol. The lowest BCUT2D eigenvalue weighted by Gasteiger charge is -2.35. The van der Waals surface area contributed by atoms with Gasteiger partial charge in [-0.25, -0.2) is 0 Å². The van der Waals surface area contributed by atoms with Gasteiger partial charge in [0.15, 0.2) is 0 Å². The van der Waals surface area contributed by atoms with Gasteiger partial charge in [0.25, 0.3) is 6.71 Å². The first kappa shape index (κ1) is 36.1. The average Bonchev–Trinajstić information content (AvgIpc) is 3.76. The fraction of sp³-hybridized carbons (Fsp3) is 0.158. The summed E-state index contributed by atoms with van der Waals surface area (Å²) in [6.07, 6.45) is 0. The maximum atomic E-state index is 6.99. The summed E-state index contributed by atoms with van der Waals surface area (Å²) in [4.78, 5) is 0. The predicted molar refractivity (Wildman–Crippen MR) is 253 cm³/mol. The van der Waals surface area contributed by atoms with Crippen LogP contribution in [-0.2, 0) is 16.2 Å². The molecule has 0 bridgehead atoms. The molecule has 1 aliphatic carbocycles. The second kappa shape index (κ2) is 12.6. The van der Waals surface area contributed by atoms with E-state index in [4.69, 9.17) is 9.47 Å². The second-order valence-electron chi connectivity index (χ2n) is 19.3. The Morgan fingerprint density at radius 3 is 1.56 bits per heavy atom. The molecule has 0 radical (unpaired) electrons. The van der Waals surface area contributed by atoms with Gasteiger partial charge in [-0.3, -0.25) is 0 Å². The van der Waals surface area contributed by atoms with E-state index in [9.17, 15) is 0 Å². The van der Waals surface area contributed by atoms with Crippen molar-refractivity contribution in [3.05, 3.63) is 203 Å². The lowest BCUT2D eigenvalue weighted by Crippen LogP contribution is -2.57. The summed E-state index contributed by atoms with van der Waals surface area (Å²) in [5.41, 5.74) is 16.5. The van der Waals surface area contributed by atoms with Gasteiger partial charge in [-0.15, -0.1) is 0 Å². The topological polar surface area (TPSA) is 23.4 Å². The average molecular weight is 788 g/mol. The molecule has 2 aliphatic heterocycles. The highest BCUT2D eigenvalue weighted by Crippen LogP contribution is 2.56. The maximum absolute atomic E-state index is 6.99. The van der Waals surface area contributed by atoms with E-state index in [2.05, 4.69) is 216 Å². The Kier molecular flexibility index (Phi) is 7.47. The molecule has 9 aromatic rings. The van der Waals surface area contributed by atoms with E-state index in [0.717, 1.165) is 45.2 Å². The first-order valence-electron chi connectivity index (χ1n) is 21.6. The number of hydrogen-bond acceptors (Lipinski definition) is 2. The molecule has 0 N–H and O–H groups in total. The Balaban J connectivity index is 1.09. The van der Waals surface area contributed by atoms with Crippen LogP contribution in [0.5, 0.6) is 23.0 Å². The summed E-state index contributed by atoms with van der Waals surface area (Å²) >= 11 is 0. The number of ether oxygens (including phenoxy) is 2. The Morgan fingerprint density at radius 1 is 0.443 bits per heavy atom. The molecule has 0 unspecified atom stereocenters. The first-order chi connectivity index (χ1) is 29.5. The van der Waals surface area contributed by atoms with Crippen LogP contribution >= 0.6 is 0 Å². The van der Waals surface area contributed by atoms with Crippen LogP contribution < -0.4 is 25.9 Å². The largest absolute Gasteiger partial charge is 0.458 e. The van der Waals surface area contributed by atoms with Crippen molar-refractivity contribution in [3.8, 4) is 39.8 Å². The molecule has 294 valence electrons. The zero-order valence-corrected chi connectivity index (χ0v) is 35.5. The number of hydrogen-bond donors (Lipinski definition) is 0. The molecule has 0 amide bonds. The quantitative estimate of drug-likeness (QED) is 0.167. The molecule has 0 saturated heterocycles. The second-order valence-corrected chi connectivity index (χ2v) is 19.3. The van der Waals surface area contributed by atoms with Gasteiger partial charge < -0.3 is 14.0 Å². The minimum Gasteiger partial charge on any atom is -0.458 e. The van der Waals surface area contributed by atoms with Crippen molar-refractivity contribution < 1.29 is 9.47 Å². The summed E-state index contributed by atoms with van der Waals surface area (Å²) in [7, 11) is 0. The molecular formula is C57H46BNO2. The zero-order valence-electron chi connectivity index (χ0n) is 35.5. The number of nitrogens with zero attached hydrogens (tertiary/aromatic N) is 1. The van der Waals surface area contributed by atoms with Gasteiger partial charge in [-0.2, -0.15) is 0 Å². The first-order valence-corrected chi connectivity index (χ1v) is 21.6. The van der Waals surface area contributed by atoms with Crippen LogP contribution in [0.25, 0.3) is 38.6 Å². The molecule has 8 aromatic carbocycles. The Hall–Kier alpha value is -6.78. The van der Waals surface area contributed by atoms with Gasteiger partial charge in [0, 0.05) is 28.4 Å². The number of benzene rings is 8. The van der Waals surface area contributed by atoms with E-state index in [0.29, 0.717) is 0 Å². The van der Waals surface area contributed by atoms with E-state index in [1.54, 1.807) is 0 Å². The minimum atomic E-state index is -0.487. The highest BCUT2D eigenvalue weighted by Gasteiger charge is 2.46. The van der Waals surface area contributed by atoms with Crippen molar-refractivity contribution in [2.75, 3.05) is 0 Å². The van der Waals surface area contributed by atoms with Crippen molar-refractivity contribution >= 4 is 44.9 Å². The van der Waals surface area contributed by atoms with Gasteiger partial charge in [-0.1, -0.05) is 169 Å². The molecule has 0 spiro atoms. The van der Waals surface area contributed by atoms with Gasteiger partial charge in [0.1, 0.15) is 23.0 Å². The van der Waals surface area contributed by atoms with Crippen LogP contribution in [0.15, 0.2) is 170 Å². The van der Waals surface area contributed by atoms with E-state index < -0.39 is 5.41 Å². The van der Waals surface area contributed by atoms with E-state index in [1.807, 2.05) is 0 Å². The van der Waals surface area contributed by atoms with E-state index >= 15 is 0 Å². The highest BCUT2D eigenvalue weighted by molar-refractivity contribution is 6.98. The Labute approximate surface area is 358 Å². The predicted octanol–water partition coefficient (Wildman–Crippen LogP) is 12.5. The SMILES string of the molecule is CC(C)(C)c1ccc2c(c1)B1c3cc(C(C)(C)C)ccc3Oc3cc(-n4c5ccccc5c5cc(C6(c7ccccc7)c7ccccc7-c7ccccc76)ccc54)cc(c31)O2. The van der Waals surface area contributed by atoms with Crippen LogP contribution in [0, 0.1) is 0 Å². The fourth-order valence-electron chi connectivity index (χ4n) is 10.7. The Bertz CT molecular complexity index is 3150. The molecule has 0 fully saturated rings. The summed E-state index contributed by atoms with van der Waals surface area (Å²) in [5.74, 6) is 3.48. The van der Waals surface area contributed by atoms with Crippen molar-refractivity contribution in [1.29, 1.82) is 0 Å². The van der Waals surface area contributed by atoms with Crippen LogP contribution in [0.1, 0.15) is 74.9 Å². The molecule has 0 saturated carbocycles. The van der Waals surface area contributed by atoms with Crippen LogP contribution in [0.3, 0.4) is 0 Å².